The van der Waals surface area contributed by atoms with Crippen LogP contribution in [-0.2, 0) is 18.3 Å². The first-order valence-corrected chi connectivity index (χ1v) is 11.1. The van der Waals surface area contributed by atoms with E-state index in [0.717, 1.165) is 0 Å². The molecule has 1 aromatic heterocycles. The van der Waals surface area contributed by atoms with Gasteiger partial charge in [0.2, 0.25) is 0 Å². The highest BCUT2D eigenvalue weighted by Crippen LogP contribution is 2.63. The molecule has 0 amide bonds. The molecule has 10 heteroatoms. The van der Waals surface area contributed by atoms with Crippen molar-refractivity contribution in [2.45, 2.75) is 52.0 Å². The summed E-state index contributed by atoms with van der Waals surface area (Å²) in [5.74, 6) is -0.238. The number of benzene rings is 1. The number of furan rings is 1. The van der Waals surface area contributed by atoms with Crippen molar-refractivity contribution in [3.63, 3.8) is 0 Å². The average Bonchev–Trinajstić information content (AvgIpc) is 3.17. The maximum Gasteiger partial charge on any atom is 0.341 e. The number of nitro groups is 1. The smallest absolute Gasteiger partial charge is 0.341 e. The summed E-state index contributed by atoms with van der Waals surface area (Å²) < 4.78 is 35.7. The van der Waals surface area contributed by atoms with Gasteiger partial charge in [-0.25, -0.2) is 4.79 Å². The van der Waals surface area contributed by atoms with Gasteiger partial charge in [-0.15, -0.1) is 0 Å². The quantitative estimate of drug-likeness (QED) is 0.194. The minimum atomic E-state index is -3.64. The molecular weight excluding hydrogens is 413 g/mol. The van der Waals surface area contributed by atoms with Crippen LogP contribution in [0, 0.1) is 10.1 Å². The SMILES string of the molecule is CC(C)OP(=O)(OC(C)C)[C@@H](CCOC(=O)c1ccc([N+](=O)[O-])cc1)c1ccco1. The van der Waals surface area contributed by atoms with Crippen molar-refractivity contribution in [3.8, 4) is 0 Å². The Hall–Kier alpha value is -2.48. The first-order chi connectivity index (χ1) is 14.1. The van der Waals surface area contributed by atoms with Gasteiger partial charge in [-0.1, -0.05) is 0 Å². The molecule has 0 aliphatic heterocycles. The second kappa shape index (κ2) is 10.5. The van der Waals surface area contributed by atoms with E-state index in [1.54, 1.807) is 39.8 Å². The van der Waals surface area contributed by atoms with Crippen LogP contribution < -0.4 is 0 Å². The second-order valence-corrected chi connectivity index (χ2v) is 9.23. The predicted molar refractivity (Wildman–Crippen MR) is 109 cm³/mol. The number of non-ortho nitro benzene ring substituents is 1. The summed E-state index contributed by atoms with van der Waals surface area (Å²) in [4.78, 5) is 22.4. The van der Waals surface area contributed by atoms with Gasteiger partial charge in [0.1, 0.15) is 11.4 Å². The van der Waals surface area contributed by atoms with Crippen molar-refractivity contribution in [1.82, 2.24) is 0 Å². The summed E-state index contributed by atoms with van der Waals surface area (Å²) >= 11 is 0. The number of rotatable bonds is 11. The predicted octanol–water partition coefficient (Wildman–Crippen LogP) is 5.52. The first-order valence-electron chi connectivity index (χ1n) is 9.54. The third-order valence-electron chi connectivity index (χ3n) is 3.91. The maximum absolute atomic E-state index is 13.6. The molecule has 0 N–H and O–H groups in total. The number of hydrogen-bond donors (Lipinski definition) is 0. The van der Waals surface area contributed by atoms with Crippen LogP contribution in [-0.4, -0.2) is 29.7 Å². The number of hydrogen-bond acceptors (Lipinski definition) is 8. The lowest BCUT2D eigenvalue weighted by Crippen LogP contribution is -2.16. The van der Waals surface area contributed by atoms with E-state index in [4.69, 9.17) is 18.2 Å². The van der Waals surface area contributed by atoms with E-state index in [0.29, 0.717) is 5.76 Å². The standard InChI is InChI=1S/C20H26NO8P/c1-14(2)28-30(25,29-15(3)4)19(18-6-5-12-26-18)11-13-27-20(22)16-7-9-17(10-8-16)21(23)24/h5-10,12,14-15,19H,11,13H2,1-4H3/t19-/m0/s1. The molecule has 0 aliphatic carbocycles. The normalized spacial score (nSPS) is 12.9. The molecular formula is C20H26NO8P. The van der Waals surface area contributed by atoms with Crippen LogP contribution in [0.3, 0.4) is 0 Å². The highest BCUT2D eigenvalue weighted by atomic mass is 31.2. The largest absolute Gasteiger partial charge is 0.468 e. The molecule has 0 unspecified atom stereocenters. The molecule has 9 nitrogen and oxygen atoms in total. The fourth-order valence-electron chi connectivity index (χ4n) is 2.76. The molecule has 164 valence electrons. The van der Waals surface area contributed by atoms with E-state index in [-0.39, 0.29) is 36.5 Å². The van der Waals surface area contributed by atoms with E-state index >= 15 is 0 Å². The number of esters is 1. The second-order valence-electron chi connectivity index (χ2n) is 7.11. The molecule has 0 saturated heterocycles. The van der Waals surface area contributed by atoms with Crippen LogP contribution in [0.2, 0.25) is 0 Å². The first kappa shape index (κ1) is 23.8. The van der Waals surface area contributed by atoms with Gasteiger partial charge in [0, 0.05) is 18.6 Å². The fourth-order valence-corrected chi connectivity index (χ4v) is 5.16. The Morgan fingerprint density at radius 3 is 2.17 bits per heavy atom. The fraction of sp³-hybridized carbons (Fsp3) is 0.450. The molecule has 0 aliphatic rings. The number of carbonyl (C=O) groups excluding carboxylic acids is 1. The Bertz CT molecular complexity index is 863. The Morgan fingerprint density at radius 2 is 1.70 bits per heavy atom. The van der Waals surface area contributed by atoms with Gasteiger partial charge >= 0.3 is 13.6 Å². The lowest BCUT2D eigenvalue weighted by atomic mass is 10.2. The van der Waals surface area contributed by atoms with Gasteiger partial charge < -0.3 is 18.2 Å². The van der Waals surface area contributed by atoms with Crippen LogP contribution >= 0.6 is 7.60 Å². The van der Waals surface area contributed by atoms with Crippen LogP contribution in [0.4, 0.5) is 5.69 Å². The van der Waals surface area contributed by atoms with Crippen molar-refractivity contribution in [2.75, 3.05) is 6.61 Å². The van der Waals surface area contributed by atoms with Gasteiger partial charge in [-0.3, -0.25) is 14.7 Å². The summed E-state index contributed by atoms with van der Waals surface area (Å²) in [6.45, 7) is 6.94. The van der Waals surface area contributed by atoms with Crippen molar-refractivity contribution in [3.05, 3.63) is 64.1 Å². The van der Waals surface area contributed by atoms with Gasteiger partial charge in [0.15, 0.2) is 0 Å². The van der Waals surface area contributed by atoms with E-state index in [1.807, 2.05) is 0 Å². The third-order valence-corrected chi connectivity index (χ3v) is 6.61. The Morgan fingerprint density at radius 1 is 1.10 bits per heavy atom. The summed E-state index contributed by atoms with van der Waals surface area (Å²) in [7, 11) is -3.64. The highest BCUT2D eigenvalue weighted by molar-refractivity contribution is 7.54. The van der Waals surface area contributed by atoms with Crippen molar-refractivity contribution >= 4 is 19.3 Å². The van der Waals surface area contributed by atoms with Gasteiger partial charge in [0.25, 0.3) is 5.69 Å². The maximum atomic E-state index is 13.6. The molecule has 0 fully saturated rings. The minimum absolute atomic E-state index is 0.0753. The van der Waals surface area contributed by atoms with E-state index in [2.05, 4.69) is 0 Å². The number of carbonyl (C=O) groups is 1. The summed E-state index contributed by atoms with van der Waals surface area (Å²) in [5, 5.41) is 10.7. The van der Waals surface area contributed by atoms with Gasteiger partial charge in [-0.2, -0.15) is 0 Å². The van der Waals surface area contributed by atoms with Crippen LogP contribution in [0.25, 0.3) is 0 Å². The molecule has 1 aromatic carbocycles. The zero-order valence-electron chi connectivity index (χ0n) is 17.3. The van der Waals surface area contributed by atoms with E-state index in [9.17, 15) is 19.5 Å². The summed E-state index contributed by atoms with van der Waals surface area (Å²) in [5.41, 5.74) is -0.709. The van der Waals surface area contributed by atoms with Crippen molar-refractivity contribution < 1.29 is 32.5 Å². The van der Waals surface area contributed by atoms with Crippen LogP contribution in [0.5, 0.6) is 0 Å². The summed E-state index contributed by atoms with van der Waals surface area (Å²) in [6, 6.07) is 8.42. The molecule has 0 saturated carbocycles. The van der Waals surface area contributed by atoms with Gasteiger partial charge in [-0.05, 0) is 52.0 Å². The molecule has 2 rings (SSSR count). The minimum Gasteiger partial charge on any atom is -0.468 e. The Labute approximate surface area is 175 Å². The topological polar surface area (TPSA) is 118 Å². The molecule has 0 spiro atoms. The van der Waals surface area contributed by atoms with Crippen LogP contribution in [0.1, 0.15) is 55.9 Å². The zero-order valence-corrected chi connectivity index (χ0v) is 18.2. The number of ether oxygens (including phenoxy) is 1. The van der Waals surface area contributed by atoms with E-state index < -0.39 is 24.1 Å². The Kier molecular flexibility index (Phi) is 8.34. The molecule has 1 heterocycles. The van der Waals surface area contributed by atoms with Crippen LogP contribution in [0.15, 0.2) is 47.1 Å². The highest BCUT2D eigenvalue weighted by Gasteiger charge is 2.41. The molecule has 1 atom stereocenters. The molecule has 0 radical (unpaired) electrons. The molecule has 0 bridgehead atoms. The lowest BCUT2D eigenvalue weighted by Gasteiger charge is -2.28. The number of nitro benzene ring substituents is 1. The van der Waals surface area contributed by atoms with Crippen molar-refractivity contribution in [2.24, 2.45) is 0 Å². The van der Waals surface area contributed by atoms with Crippen molar-refractivity contribution in [1.29, 1.82) is 0 Å². The molecule has 30 heavy (non-hydrogen) atoms. The lowest BCUT2D eigenvalue weighted by molar-refractivity contribution is -0.384. The van der Waals surface area contributed by atoms with Gasteiger partial charge in [0.05, 0.1) is 35.6 Å². The third kappa shape index (κ3) is 6.52. The monoisotopic (exact) mass is 439 g/mol. The average molecular weight is 439 g/mol. The molecule has 2 aromatic rings. The zero-order chi connectivity index (χ0) is 22.3. The Balaban J connectivity index is 2.12. The summed E-state index contributed by atoms with van der Waals surface area (Å²) in [6.07, 6.45) is 0.896. The van der Waals surface area contributed by atoms with E-state index in [1.165, 1.54) is 30.5 Å². The number of nitrogens with zero attached hydrogens (tertiary/aromatic N) is 1.